The van der Waals surface area contributed by atoms with Crippen molar-refractivity contribution in [3.8, 4) is 0 Å². The van der Waals surface area contributed by atoms with Crippen LogP contribution in [-0.4, -0.2) is 25.9 Å². The van der Waals surface area contributed by atoms with Crippen LogP contribution in [0, 0.1) is 0 Å². The summed E-state index contributed by atoms with van der Waals surface area (Å²) in [6.45, 7) is 15.2. The summed E-state index contributed by atoms with van der Waals surface area (Å²) >= 11 is 0. The Balaban J connectivity index is 5.73. The molecule has 2 N–H and O–H groups in total. The van der Waals surface area contributed by atoms with Crippen molar-refractivity contribution in [2.75, 3.05) is 0 Å². The molecule has 0 fully saturated rings. The molecule has 0 saturated heterocycles. The molecule has 0 amide bonds. The molecular formula is C10H21O3PSi2. The molecule has 0 radical (unpaired) electrons. The molecule has 0 bridgehead atoms. The highest BCUT2D eigenvalue weighted by Crippen LogP contribution is 2.50. The molecule has 3 nitrogen and oxygen atoms in total. The van der Waals surface area contributed by atoms with Crippen molar-refractivity contribution >= 4 is 23.7 Å². The van der Waals surface area contributed by atoms with Crippen molar-refractivity contribution in [2.45, 2.75) is 26.2 Å². The normalized spacial score (nSPS) is 14.8. The van der Waals surface area contributed by atoms with Crippen LogP contribution in [0.15, 0.2) is 35.2 Å². The molecule has 0 aliphatic carbocycles. The van der Waals surface area contributed by atoms with E-state index in [4.69, 9.17) is 0 Å². The minimum atomic E-state index is -4.19. The van der Waals surface area contributed by atoms with E-state index < -0.39 is 23.7 Å². The molecule has 0 heterocycles. The van der Waals surface area contributed by atoms with Crippen LogP contribution in [0.5, 0.6) is 0 Å². The summed E-state index contributed by atoms with van der Waals surface area (Å²) in [4.78, 5) is 19.1. The molecule has 0 aromatic heterocycles. The Morgan fingerprint density at radius 3 is 1.81 bits per heavy atom. The summed E-state index contributed by atoms with van der Waals surface area (Å²) in [5, 5.41) is 0. The fourth-order valence-electron chi connectivity index (χ4n) is 1.16. The second kappa shape index (κ2) is 4.98. The first-order valence-corrected chi connectivity index (χ1v) is 12.9. The lowest BCUT2D eigenvalue weighted by Crippen LogP contribution is -2.30. The third-order valence-electron chi connectivity index (χ3n) is 2.52. The van der Waals surface area contributed by atoms with E-state index in [1.165, 1.54) is 0 Å². The standard InChI is InChI=1S/C10H21O3PSi2/c1-7-15(3,4)9-10(14(11,12)13)16(5,6)8-2/h7-9H,1-2H2,3-6H3,(H2,11,12,13). The Hall–Kier alpha value is -0.196. The highest BCUT2D eigenvalue weighted by molar-refractivity contribution is 7.61. The number of rotatable bonds is 5. The third-order valence-corrected chi connectivity index (χ3v) is 11.0. The zero-order valence-corrected chi connectivity index (χ0v) is 13.3. The first kappa shape index (κ1) is 15.8. The van der Waals surface area contributed by atoms with Crippen molar-refractivity contribution < 1.29 is 14.4 Å². The smallest absolute Gasteiger partial charge is 0.322 e. The molecule has 6 heteroatoms. The quantitative estimate of drug-likeness (QED) is 0.599. The fraction of sp³-hybridized carbons (Fsp3) is 0.400. The van der Waals surface area contributed by atoms with Gasteiger partial charge in [0.1, 0.15) is 8.07 Å². The minimum absolute atomic E-state index is 0.284. The summed E-state index contributed by atoms with van der Waals surface area (Å²) in [7, 11) is -8.28. The largest absolute Gasteiger partial charge is 0.347 e. The van der Waals surface area contributed by atoms with E-state index in [0.717, 1.165) is 0 Å². The van der Waals surface area contributed by atoms with Crippen LogP contribution in [0.25, 0.3) is 0 Å². The summed E-state index contributed by atoms with van der Waals surface area (Å²) in [6.07, 6.45) is 0. The topological polar surface area (TPSA) is 57.5 Å². The molecule has 0 atom stereocenters. The Bertz CT molecular complexity index is 366. The van der Waals surface area contributed by atoms with Gasteiger partial charge in [-0.1, -0.05) is 43.3 Å². The maximum atomic E-state index is 11.5. The second-order valence-corrected chi connectivity index (χ2v) is 15.7. The van der Waals surface area contributed by atoms with Crippen molar-refractivity contribution in [1.82, 2.24) is 0 Å². The molecule has 0 rings (SSSR count). The van der Waals surface area contributed by atoms with Gasteiger partial charge in [0, 0.05) is 4.94 Å². The molecule has 0 aromatic carbocycles. The van der Waals surface area contributed by atoms with E-state index >= 15 is 0 Å². The number of hydrogen-bond donors (Lipinski definition) is 2. The van der Waals surface area contributed by atoms with Crippen LogP contribution < -0.4 is 0 Å². The fourth-order valence-corrected chi connectivity index (χ4v) is 9.74. The number of hydrogen-bond acceptors (Lipinski definition) is 1. The highest BCUT2D eigenvalue weighted by Gasteiger charge is 2.36. The summed E-state index contributed by atoms with van der Waals surface area (Å²) in [6, 6.07) is 0. The van der Waals surface area contributed by atoms with Gasteiger partial charge in [-0.05, 0) is 0 Å². The molecule has 0 saturated carbocycles. The molecule has 92 valence electrons. The molecule has 0 aliphatic rings. The highest BCUT2D eigenvalue weighted by atomic mass is 31.2. The van der Waals surface area contributed by atoms with E-state index in [-0.39, 0.29) is 4.94 Å². The molecular weight excluding hydrogens is 255 g/mol. The van der Waals surface area contributed by atoms with Crippen molar-refractivity contribution in [3.63, 3.8) is 0 Å². The van der Waals surface area contributed by atoms with Gasteiger partial charge < -0.3 is 9.79 Å². The molecule has 0 aliphatic heterocycles. The van der Waals surface area contributed by atoms with Gasteiger partial charge in [-0.2, -0.15) is 0 Å². The lowest BCUT2D eigenvalue weighted by molar-refractivity contribution is 0.384. The van der Waals surface area contributed by atoms with Crippen LogP contribution >= 0.6 is 7.60 Å². The monoisotopic (exact) mass is 276 g/mol. The van der Waals surface area contributed by atoms with Gasteiger partial charge >= 0.3 is 7.60 Å². The third kappa shape index (κ3) is 4.35. The Morgan fingerprint density at radius 2 is 1.56 bits per heavy atom. The Morgan fingerprint density at radius 1 is 1.12 bits per heavy atom. The summed E-state index contributed by atoms with van der Waals surface area (Å²) in [5.74, 6) is 0. The van der Waals surface area contributed by atoms with Gasteiger partial charge in [0.25, 0.3) is 0 Å². The van der Waals surface area contributed by atoms with E-state index in [1.807, 2.05) is 31.9 Å². The maximum Gasteiger partial charge on any atom is 0.347 e. The maximum absolute atomic E-state index is 11.5. The molecule has 0 spiro atoms. The summed E-state index contributed by atoms with van der Waals surface area (Å²) < 4.78 is 11.5. The van der Waals surface area contributed by atoms with Crippen molar-refractivity contribution in [2.24, 2.45) is 0 Å². The van der Waals surface area contributed by atoms with E-state index in [0.29, 0.717) is 0 Å². The molecule has 0 unspecified atom stereocenters. The summed E-state index contributed by atoms with van der Waals surface area (Å²) in [5.41, 5.74) is 5.29. The average molecular weight is 276 g/mol. The molecule has 16 heavy (non-hydrogen) atoms. The van der Waals surface area contributed by atoms with Crippen molar-refractivity contribution in [1.29, 1.82) is 0 Å². The average Bonchev–Trinajstić information content (AvgIpc) is 2.12. The SMILES string of the molecule is C=C[Si](C)(C)C=C([Si](C)(C)C=C)P(=O)(O)O. The van der Waals surface area contributed by atoms with Crippen LogP contribution in [0.4, 0.5) is 0 Å². The lowest BCUT2D eigenvalue weighted by atomic mass is 11.2. The van der Waals surface area contributed by atoms with E-state index in [1.54, 1.807) is 11.4 Å². The predicted octanol–water partition coefficient (Wildman–Crippen LogP) is 2.99. The van der Waals surface area contributed by atoms with Gasteiger partial charge in [-0.15, -0.1) is 13.2 Å². The van der Waals surface area contributed by atoms with Crippen molar-refractivity contribution in [3.05, 3.63) is 35.2 Å². The van der Waals surface area contributed by atoms with Crippen LogP contribution in [0.2, 0.25) is 26.2 Å². The minimum Gasteiger partial charge on any atom is -0.322 e. The van der Waals surface area contributed by atoms with Gasteiger partial charge in [-0.3, -0.25) is 4.57 Å². The van der Waals surface area contributed by atoms with Gasteiger partial charge in [0.2, 0.25) is 0 Å². The Kier molecular flexibility index (Phi) is 4.92. The first-order valence-electron chi connectivity index (χ1n) is 5.03. The Labute approximate surface area is 99.8 Å². The second-order valence-electron chi connectivity index (χ2n) is 5.02. The lowest BCUT2D eigenvalue weighted by Gasteiger charge is -2.26. The zero-order chi connectivity index (χ0) is 13.2. The van der Waals surface area contributed by atoms with Crippen LogP contribution in [0.3, 0.4) is 0 Å². The predicted molar refractivity (Wildman–Crippen MR) is 75.5 cm³/mol. The van der Waals surface area contributed by atoms with Crippen LogP contribution in [-0.2, 0) is 4.57 Å². The van der Waals surface area contributed by atoms with Gasteiger partial charge in [-0.25, -0.2) is 0 Å². The van der Waals surface area contributed by atoms with E-state index in [2.05, 4.69) is 13.2 Å². The van der Waals surface area contributed by atoms with E-state index in [9.17, 15) is 14.4 Å². The van der Waals surface area contributed by atoms with Crippen LogP contribution in [0.1, 0.15) is 0 Å². The zero-order valence-electron chi connectivity index (χ0n) is 10.4. The van der Waals surface area contributed by atoms with Gasteiger partial charge in [0.05, 0.1) is 8.07 Å². The first-order chi connectivity index (χ1) is 6.96. The molecule has 0 aromatic rings. The van der Waals surface area contributed by atoms with Gasteiger partial charge in [0.15, 0.2) is 0 Å².